The van der Waals surface area contributed by atoms with Gasteiger partial charge in [-0.05, 0) is 62.6 Å². The van der Waals surface area contributed by atoms with Crippen LogP contribution in [0.2, 0.25) is 0 Å². The number of anilines is 1. The van der Waals surface area contributed by atoms with Crippen molar-refractivity contribution in [1.82, 2.24) is 19.7 Å². The quantitative estimate of drug-likeness (QED) is 0.358. The van der Waals surface area contributed by atoms with E-state index in [0.29, 0.717) is 18.8 Å². The van der Waals surface area contributed by atoms with Crippen LogP contribution in [0.25, 0.3) is 5.00 Å². The van der Waals surface area contributed by atoms with Gasteiger partial charge in [0.25, 0.3) is 0 Å². The number of aryl methyl sites for hydroxylation is 2. The number of pyridine rings is 1. The molecule has 184 valence electrons. The van der Waals surface area contributed by atoms with Crippen molar-refractivity contribution >= 4 is 28.7 Å². The van der Waals surface area contributed by atoms with Gasteiger partial charge in [0.1, 0.15) is 16.9 Å². The summed E-state index contributed by atoms with van der Waals surface area (Å²) in [6, 6.07) is 11.5. The molecule has 36 heavy (non-hydrogen) atoms. The second-order valence-corrected chi connectivity index (χ2v) is 10.2. The summed E-state index contributed by atoms with van der Waals surface area (Å²) in [6.07, 6.45) is 4.00. The number of carbonyl (C=O) groups is 1. The van der Waals surface area contributed by atoms with Gasteiger partial charge in [-0.1, -0.05) is 19.1 Å². The number of nitrogens with zero attached hydrogens (tertiary/aromatic N) is 5. The minimum Gasteiger partial charge on any atom is -0.481 e. The smallest absolute Gasteiger partial charge is 0.309 e. The fraction of sp³-hybridized carbons (Fsp3) is 0.296. The highest BCUT2D eigenvalue weighted by Crippen LogP contribution is 2.41. The number of aliphatic imine (C=N–C) groups is 1. The number of aromatic nitrogens is 4. The zero-order valence-electron chi connectivity index (χ0n) is 20.7. The Morgan fingerprint density at radius 3 is 2.50 bits per heavy atom. The molecule has 1 aliphatic heterocycles. The molecule has 4 heterocycles. The zero-order valence-corrected chi connectivity index (χ0v) is 21.5. The molecule has 0 spiro atoms. The lowest BCUT2D eigenvalue weighted by molar-refractivity contribution is -0.142. The largest absolute Gasteiger partial charge is 0.481 e. The fourth-order valence-electron chi connectivity index (χ4n) is 4.60. The molecule has 0 saturated carbocycles. The van der Waals surface area contributed by atoms with Crippen molar-refractivity contribution in [1.29, 1.82) is 0 Å². The minimum absolute atomic E-state index is 0.437. The first-order valence-electron chi connectivity index (χ1n) is 12.0. The second-order valence-electron chi connectivity index (χ2n) is 8.97. The molecule has 1 aliphatic rings. The minimum atomic E-state index is -0.883. The number of carboxylic acids is 1. The Balaban J connectivity index is 1.60. The molecule has 1 aromatic carbocycles. The van der Waals surface area contributed by atoms with Crippen LogP contribution >= 0.6 is 11.3 Å². The number of fused-ring (bicyclic) bond motifs is 3. The number of carboxylic acid groups (broad SMARTS) is 1. The predicted octanol–water partition coefficient (Wildman–Crippen LogP) is 5.26. The molecule has 1 unspecified atom stereocenters. The van der Waals surface area contributed by atoms with Gasteiger partial charge in [-0.15, -0.1) is 21.5 Å². The third-order valence-electron chi connectivity index (χ3n) is 6.73. The van der Waals surface area contributed by atoms with E-state index in [-0.39, 0.29) is 0 Å². The van der Waals surface area contributed by atoms with Crippen molar-refractivity contribution in [3.8, 4) is 5.00 Å². The number of hydrogen-bond donors (Lipinski definition) is 2. The maximum atomic E-state index is 12.2. The van der Waals surface area contributed by atoms with E-state index in [0.717, 1.165) is 44.5 Å². The van der Waals surface area contributed by atoms with E-state index in [1.54, 1.807) is 23.7 Å². The number of nitrogens with one attached hydrogen (secondary N) is 1. The third kappa shape index (κ3) is 4.19. The molecular weight excluding hydrogens is 472 g/mol. The van der Waals surface area contributed by atoms with Crippen molar-refractivity contribution in [3.05, 3.63) is 87.6 Å². The average molecular weight is 501 g/mol. The molecule has 9 heteroatoms. The summed E-state index contributed by atoms with van der Waals surface area (Å²) in [5, 5.41) is 23.2. The van der Waals surface area contributed by atoms with E-state index >= 15 is 0 Å². The van der Waals surface area contributed by atoms with Gasteiger partial charge in [0.2, 0.25) is 0 Å². The Bertz CT molecular complexity index is 1440. The van der Waals surface area contributed by atoms with E-state index in [1.807, 2.05) is 54.8 Å². The SMILES string of the molecule is CCC(C(=O)O)[C@@H]1N=C(c2ccc(NCc3ccncc3)cc2)c2c(sc(C)c2C)-n2c(C)nnc21. The highest BCUT2D eigenvalue weighted by Gasteiger charge is 2.37. The summed E-state index contributed by atoms with van der Waals surface area (Å²) < 4.78 is 2.00. The van der Waals surface area contributed by atoms with Gasteiger partial charge in [-0.2, -0.15) is 0 Å². The van der Waals surface area contributed by atoms with Crippen LogP contribution in [0.4, 0.5) is 5.69 Å². The average Bonchev–Trinajstić information content (AvgIpc) is 3.35. The molecule has 0 bridgehead atoms. The first-order chi connectivity index (χ1) is 17.4. The second kappa shape index (κ2) is 9.66. The van der Waals surface area contributed by atoms with Gasteiger partial charge in [-0.25, -0.2) is 0 Å². The third-order valence-corrected chi connectivity index (χ3v) is 7.92. The maximum Gasteiger partial charge on any atom is 0.309 e. The zero-order chi connectivity index (χ0) is 25.4. The molecule has 2 atom stereocenters. The first kappa shape index (κ1) is 23.9. The number of benzene rings is 1. The van der Waals surface area contributed by atoms with Crippen LogP contribution < -0.4 is 5.32 Å². The van der Waals surface area contributed by atoms with Crippen molar-refractivity contribution < 1.29 is 9.90 Å². The standard InChI is InChI=1S/C27H28N6O2S/c1-5-21(27(34)35)24-25-32-31-17(4)33(25)26-22(15(2)16(3)36-26)23(30-24)19-6-8-20(9-7-19)29-14-18-10-12-28-13-11-18/h6-13,21,24,29H,5,14H2,1-4H3,(H,34,35)/t21?,24-/m0/s1. The van der Waals surface area contributed by atoms with E-state index in [9.17, 15) is 9.90 Å². The van der Waals surface area contributed by atoms with Crippen LogP contribution in [-0.2, 0) is 11.3 Å². The topological polar surface area (TPSA) is 105 Å². The first-order valence-corrected chi connectivity index (χ1v) is 12.8. The molecule has 2 N–H and O–H groups in total. The van der Waals surface area contributed by atoms with Crippen LogP contribution in [0.15, 0.2) is 53.8 Å². The summed E-state index contributed by atoms with van der Waals surface area (Å²) >= 11 is 1.67. The Labute approximate surface area is 213 Å². The number of rotatable bonds is 7. The van der Waals surface area contributed by atoms with Crippen molar-refractivity contribution in [2.75, 3.05) is 5.32 Å². The van der Waals surface area contributed by atoms with Gasteiger partial charge in [-0.3, -0.25) is 19.3 Å². The molecule has 4 aromatic rings. The lowest BCUT2D eigenvalue weighted by atomic mass is 9.95. The normalized spacial score (nSPS) is 15.4. The van der Waals surface area contributed by atoms with Crippen LogP contribution in [0, 0.1) is 26.7 Å². The van der Waals surface area contributed by atoms with E-state index in [2.05, 4.69) is 34.3 Å². The van der Waals surface area contributed by atoms with Crippen molar-refractivity contribution in [3.63, 3.8) is 0 Å². The van der Waals surface area contributed by atoms with Crippen LogP contribution in [0.3, 0.4) is 0 Å². The molecule has 0 fully saturated rings. The van der Waals surface area contributed by atoms with Crippen molar-refractivity contribution in [2.45, 2.75) is 46.7 Å². The summed E-state index contributed by atoms with van der Waals surface area (Å²) in [6.45, 7) is 8.67. The summed E-state index contributed by atoms with van der Waals surface area (Å²) in [7, 11) is 0. The molecule has 3 aromatic heterocycles. The van der Waals surface area contributed by atoms with Gasteiger partial charge in [0.15, 0.2) is 5.82 Å². The predicted molar refractivity (Wildman–Crippen MR) is 141 cm³/mol. The van der Waals surface area contributed by atoms with E-state index in [4.69, 9.17) is 4.99 Å². The lowest BCUT2D eigenvalue weighted by Gasteiger charge is -2.19. The van der Waals surface area contributed by atoms with Gasteiger partial charge in [0.05, 0.1) is 11.6 Å². The Kier molecular flexibility index (Phi) is 6.40. The molecular formula is C27H28N6O2S. The number of aliphatic carboxylic acids is 1. The monoisotopic (exact) mass is 500 g/mol. The molecule has 8 nitrogen and oxygen atoms in total. The summed E-state index contributed by atoms with van der Waals surface area (Å²) in [5.41, 5.74) is 6.02. The Morgan fingerprint density at radius 2 is 1.83 bits per heavy atom. The van der Waals surface area contributed by atoms with E-state index in [1.165, 1.54) is 4.88 Å². The molecule has 5 rings (SSSR count). The molecule has 0 aliphatic carbocycles. The number of hydrogen-bond acceptors (Lipinski definition) is 7. The summed E-state index contributed by atoms with van der Waals surface area (Å²) in [4.78, 5) is 22.6. The van der Waals surface area contributed by atoms with Crippen molar-refractivity contribution in [2.24, 2.45) is 10.9 Å². The van der Waals surface area contributed by atoms with Gasteiger partial charge < -0.3 is 10.4 Å². The maximum absolute atomic E-state index is 12.2. The fourth-order valence-corrected chi connectivity index (χ4v) is 5.81. The van der Waals surface area contributed by atoms with E-state index < -0.39 is 17.9 Å². The Hall–Kier alpha value is -3.85. The van der Waals surface area contributed by atoms with Crippen LogP contribution in [0.1, 0.15) is 58.2 Å². The molecule has 0 saturated heterocycles. The van der Waals surface area contributed by atoms with Gasteiger partial charge in [0, 0.05) is 40.6 Å². The molecule has 0 radical (unpaired) electrons. The Morgan fingerprint density at radius 1 is 1.11 bits per heavy atom. The van der Waals surface area contributed by atoms with Crippen LogP contribution in [-0.4, -0.2) is 36.5 Å². The summed E-state index contributed by atoms with van der Waals surface area (Å²) in [5.74, 6) is -0.287. The lowest BCUT2D eigenvalue weighted by Crippen LogP contribution is -2.23. The van der Waals surface area contributed by atoms with Gasteiger partial charge >= 0.3 is 5.97 Å². The number of thiophene rings is 1. The highest BCUT2D eigenvalue weighted by atomic mass is 32.1. The van der Waals surface area contributed by atoms with Crippen LogP contribution in [0.5, 0.6) is 0 Å². The highest BCUT2D eigenvalue weighted by molar-refractivity contribution is 7.15. The molecule has 0 amide bonds.